The molecule has 27 heavy (non-hydrogen) atoms. The summed E-state index contributed by atoms with van der Waals surface area (Å²) in [5.74, 6) is 0.137. The Bertz CT molecular complexity index is 1020. The van der Waals surface area contributed by atoms with Crippen LogP contribution in [0.2, 0.25) is 0 Å². The van der Waals surface area contributed by atoms with Gasteiger partial charge in [0.2, 0.25) is 5.91 Å². The van der Waals surface area contributed by atoms with Gasteiger partial charge in [-0.05, 0) is 46.5 Å². The van der Waals surface area contributed by atoms with Crippen LogP contribution in [-0.4, -0.2) is 23.4 Å². The maximum atomic E-state index is 12.7. The Morgan fingerprint density at radius 1 is 1.00 bits per heavy atom. The molecule has 0 aliphatic carbocycles. The fourth-order valence-electron chi connectivity index (χ4n) is 3.63. The second kappa shape index (κ2) is 7.61. The summed E-state index contributed by atoms with van der Waals surface area (Å²) in [6.45, 7) is 1.98. The van der Waals surface area contributed by atoms with Gasteiger partial charge in [-0.3, -0.25) is 4.79 Å². The molecule has 0 unspecified atom stereocenters. The van der Waals surface area contributed by atoms with Crippen LogP contribution >= 0.6 is 0 Å². The van der Waals surface area contributed by atoms with Crippen LogP contribution < -0.4 is 5.32 Å². The first-order valence-corrected chi connectivity index (χ1v) is 9.22. The van der Waals surface area contributed by atoms with Crippen LogP contribution in [0.4, 0.5) is 0 Å². The predicted octanol–water partition coefficient (Wildman–Crippen LogP) is 3.60. The van der Waals surface area contributed by atoms with Gasteiger partial charge in [0.25, 0.3) is 0 Å². The van der Waals surface area contributed by atoms with Gasteiger partial charge in [-0.25, -0.2) is 0 Å². The Kier molecular flexibility index (Phi) is 4.86. The predicted molar refractivity (Wildman–Crippen MR) is 106 cm³/mol. The van der Waals surface area contributed by atoms with Crippen LogP contribution in [0.5, 0.6) is 0 Å². The van der Waals surface area contributed by atoms with Crippen molar-refractivity contribution in [3.8, 4) is 6.07 Å². The van der Waals surface area contributed by atoms with E-state index in [0.717, 1.165) is 18.5 Å². The molecule has 0 bridgehead atoms. The van der Waals surface area contributed by atoms with Crippen molar-refractivity contribution in [2.45, 2.75) is 25.6 Å². The number of nitrogens with zero attached hydrogens (tertiary/aromatic N) is 2. The van der Waals surface area contributed by atoms with Gasteiger partial charge in [-0.2, -0.15) is 5.26 Å². The van der Waals surface area contributed by atoms with E-state index in [9.17, 15) is 4.79 Å². The van der Waals surface area contributed by atoms with Gasteiger partial charge in [-0.15, -0.1) is 0 Å². The fourth-order valence-corrected chi connectivity index (χ4v) is 3.63. The molecule has 1 atom stereocenters. The van der Waals surface area contributed by atoms with Gasteiger partial charge in [0.15, 0.2) is 0 Å². The molecule has 134 valence electrons. The van der Waals surface area contributed by atoms with Crippen LogP contribution in [0, 0.1) is 11.3 Å². The van der Waals surface area contributed by atoms with E-state index in [1.807, 2.05) is 35.2 Å². The lowest BCUT2D eigenvalue weighted by Crippen LogP contribution is -2.37. The molecule has 1 aliphatic heterocycles. The minimum Gasteiger partial charge on any atom is -0.337 e. The molecule has 1 heterocycles. The van der Waals surface area contributed by atoms with E-state index in [1.54, 1.807) is 6.07 Å². The normalized spacial score (nSPS) is 16.6. The van der Waals surface area contributed by atoms with Gasteiger partial charge in [-0.1, -0.05) is 48.5 Å². The van der Waals surface area contributed by atoms with Gasteiger partial charge in [0, 0.05) is 19.6 Å². The van der Waals surface area contributed by atoms with Crippen molar-refractivity contribution >= 4 is 16.7 Å². The Balaban J connectivity index is 1.37. The summed E-state index contributed by atoms with van der Waals surface area (Å²) in [6, 6.07) is 24.2. The van der Waals surface area contributed by atoms with Crippen LogP contribution in [0.15, 0.2) is 66.7 Å². The number of hydrogen-bond acceptors (Lipinski definition) is 3. The number of hydrogen-bond donors (Lipinski definition) is 1. The molecule has 0 aromatic heterocycles. The number of carbonyl (C=O) groups excluding carboxylic acids is 1. The molecule has 1 amide bonds. The van der Waals surface area contributed by atoms with Crippen molar-refractivity contribution in [3.63, 3.8) is 0 Å². The van der Waals surface area contributed by atoms with Crippen LogP contribution in [0.25, 0.3) is 10.8 Å². The van der Waals surface area contributed by atoms with Crippen molar-refractivity contribution in [2.75, 3.05) is 6.54 Å². The Hall–Kier alpha value is -3.16. The molecule has 3 aromatic carbocycles. The minimum atomic E-state index is -0.143. The second-order valence-electron chi connectivity index (χ2n) is 6.98. The van der Waals surface area contributed by atoms with Gasteiger partial charge >= 0.3 is 0 Å². The number of nitrogens with one attached hydrogen (secondary N) is 1. The van der Waals surface area contributed by atoms with Gasteiger partial charge in [0.1, 0.15) is 0 Å². The molecule has 3 aromatic rings. The highest BCUT2D eigenvalue weighted by Crippen LogP contribution is 2.18. The van der Waals surface area contributed by atoms with Crippen molar-refractivity contribution < 1.29 is 4.79 Å². The lowest BCUT2D eigenvalue weighted by Gasteiger charge is -2.17. The van der Waals surface area contributed by atoms with E-state index in [2.05, 4.69) is 41.7 Å². The smallest absolute Gasteiger partial charge is 0.240 e. The molecule has 1 N–H and O–H groups in total. The molecule has 0 radical (unpaired) electrons. The third-order valence-electron chi connectivity index (χ3n) is 5.09. The molecule has 1 fully saturated rings. The number of carbonyl (C=O) groups is 1. The number of likely N-dealkylation sites (tertiary alicyclic amines) is 1. The highest BCUT2D eigenvalue weighted by molar-refractivity contribution is 5.84. The first-order valence-electron chi connectivity index (χ1n) is 9.22. The Labute approximate surface area is 159 Å². The van der Waals surface area contributed by atoms with Gasteiger partial charge in [0.05, 0.1) is 17.7 Å². The number of amides is 1. The molecule has 0 saturated carbocycles. The molecule has 4 rings (SSSR count). The van der Waals surface area contributed by atoms with E-state index in [4.69, 9.17) is 5.26 Å². The van der Waals surface area contributed by atoms with Gasteiger partial charge < -0.3 is 10.2 Å². The van der Waals surface area contributed by atoms with E-state index >= 15 is 0 Å². The summed E-state index contributed by atoms with van der Waals surface area (Å²) in [5.41, 5.74) is 2.81. The molecular formula is C23H21N3O. The Morgan fingerprint density at radius 3 is 2.70 bits per heavy atom. The Morgan fingerprint density at radius 2 is 1.85 bits per heavy atom. The van der Waals surface area contributed by atoms with E-state index in [-0.39, 0.29) is 11.9 Å². The first-order chi connectivity index (χ1) is 13.2. The van der Waals surface area contributed by atoms with Crippen molar-refractivity contribution in [3.05, 3.63) is 83.4 Å². The fraction of sp³-hybridized carbons (Fsp3) is 0.217. The first kappa shape index (κ1) is 17.3. The summed E-state index contributed by atoms with van der Waals surface area (Å²) in [7, 11) is 0. The lowest BCUT2D eigenvalue weighted by molar-refractivity contribution is -0.129. The molecule has 1 aliphatic rings. The SMILES string of the molecule is N#Cc1cccc(CN2CC[C@H](NCc3ccc4ccccc4c3)C2=O)c1. The quantitative estimate of drug-likeness (QED) is 0.761. The average molecular weight is 355 g/mol. The molecule has 1 saturated heterocycles. The third kappa shape index (κ3) is 3.84. The maximum absolute atomic E-state index is 12.7. The van der Waals surface area contributed by atoms with Crippen LogP contribution in [-0.2, 0) is 17.9 Å². The van der Waals surface area contributed by atoms with E-state index in [0.29, 0.717) is 18.7 Å². The highest BCUT2D eigenvalue weighted by Gasteiger charge is 2.31. The number of nitriles is 1. The number of fused-ring (bicyclic) bond motifs is 1. The summed E-state index contributed by atoms with van der Waals surface area (Å²) < 4.78 is 0. The highest BCUT2D eigenvalue weighted by atomic mass is 16.2. The topological polar surface area (TPSA) is 56.1 Å². The molecule has 0 spiro atoms. The zero-order valence-electron chi connectivity index (χ0n) is 15.1. The van der Waals surface area contributed by atoms with Crippen molar-refractivity contribution in [1.29, 1.82) is 5.26 Å². The maximum Gasteiger partial charge on any atom is 0.240 e. The largest absolute Gasteiger partial charge is 0.337 e. The summed E-state index contributed by atoms with van der Waals surface area (Å²) in [6.07, 6.45) is 0.810. The third-order valence-corrected chi connectivity index (χ3v) is 5.09. The van der Waals surface area contributed by atoms with Crippen LogP contribution in [0.1, 0.15) is 23.1 Å². The standard InChI is InChI=1S/C23H21N3O/c24-14-17-4-3-5-19(12-17)16-26-11-10-22(23(26)27)25-15-18-8-9-20-6-1-2-7-21(20)13-18/h1-9,12-13,22,25H,10-11,15-16H2/t22-/m0/s1. The number of benzene rings is 3. The summed E-state index contributed by atoms with van der Waals surface area (Å²) in [5, 5.41) is 14.9. The second-order valence-corrected chi connectivity index (χ2v) is 6.98. The minimum absolute atomic E-state index is 0.137. The van der Waals surface area contributed by atoms with E-state index in [1.165, 1.54) is 16.3 Å². The summed E-state index contributed by atoms with van der Waals surface area (Å²) >= 11 is 0. The zero-order valence-corrected chi connectivity index (χ0v) is 15.1. The zero-order chi connectivity index (χ0) is 18.6. The van der Waals surface area contributed by atoms with Crippen molar-refractivity contribution in [2.24, 2.45) is 0 Å². The van der Waals surface area contributed by atoms with Crippen LogP contribution in [0.3, 0.4) is 0 Å². The van der Waals surface area contributed by atoms with Crippen molar-refractivity contribution in [1.82, 2.24) is 10.2 Å². The summed E-state index contributed by atoms with van der Waals surface area (Å²) in [4.78, 5) is 14.6. The molecule has 4 heteroatoms. The lowest BCUT2D eigenvalue weighted by atomic mass is 10.1. The monoisotopic (exact) mass is 355 g/mol. The number of rotatable bonds is 5. The molecular weight excluding hydrogens is 334 g/mol. The average Bonchev–Trinajstić information content (AvgIpc) is 3.06. The molecule has 4 nitrogen and oxygen atoms in total. The van der Waals surface area contributed by atoms with E-state index < -0.39 is 0 Å².